The highest BCUT2D eigenvalue weighted by molar-refractivity contribution is 5.73. The predicted octanol–water partition coefficient (Wildman–Crippen LogP) is 2.02. The molecule has 0 bridgehead atoms. The first-order valence-electron chi connectivity index (χ1n) is 7.20. The largest absolute Gasteiger partial charge is 0.462 e. The van der Waals surface area contributed by atoms with Crippen molar-refractivity contribution in [3.63, 3.8) is 0 Å². The molecule has 3 atom stereocenters. The van der Waals surface area contributed by atoms with Crippen LogP contribution in [0, 0.1) is 11.3 Å². The van der Waals surface area contributed by atoms with E-state index < -0.39 is 0 Å². The Morgan fingerprint density at radius 1 is 1.11 bits per heavy atom. The van der Waals surface area contributed by atoms with Crippen molar-refractivity contribution < 1.29 is 19.0 Å². The Kier molecular flexibility index (Phi) is 2.31. The summed E-state index contributed by atoms with van der Waals surface area (Å²) in [7, 11) is 0. The number of esters is 1. The van der Waals surface area contributed by atoms with Crippen LogP contribution in [-0.2, 0) is 19.0 Å². The summed E-state index contributed by atoms with van der Waals surface area (Å²) in [6, 6.07) is 0. The highest BCUT2D eigenvalue weighted by atomic mass is 16.7. The van der Waals surface area contributed by atoms with Crippen molar-refractivity contribution in [2.45, 2.75) is 56.8 Å². The van der Waals surface area contributed by atoms with Crippen molar-refractivity contribution in [2.24, 2.45) is 11.3 Å². The molecule has 0 aromatic heterocycles. The van der Waals surface area contributed by atoms with Crippen LogP contribution in [0.25, 0.3) is 0 Å². The normalized spacial score (nSPS) is 45.7. The van der Waals surface area contributed by atoms with Gasteiger partial charge in [-0.25, -0.2) is 0 Å². The highest BCUT2D eigenvalue weighted by Gasteiger charge is 2.60. The molecule has 4 nitrogen and oxygen atoms in total. The molecule has 2 heterocycles. The quantitative estimate of drug-likeness (QED) is 0.619. The second kappa shape index (κ2) is 3.70. The average Bonchev–Trinajstić information content (AvgIpc) is 2.92. The van der Waals surface area contributed by atoms with Gasteiger partial charge in [0.15, 0.2) is 5.79 Å². The molecular weight excluding hydrogens is 232 g/mol. The SMILES string of the molecule is O=C1C[C@@]23CCC4(CC2CCC[C@H]3O1)OCCO4. The molecule has 0 aromatic carbocycles. The van der Waals surface area contributed by atoms with E-state index in [1.165, 1.54) is 12.8 Å². The summed E-state index contributed by atoms with van der Waals surface area (Å²) < 4.78 is 17.3. The van der Waals surface area contributed by atoms with Gasteiger partial charge in [0.2, 0.25) is 0 Å². The maximum absolute atomic E-state index is 11.7. The van der Waals surface area contributed by atoms with E-state index >= 15 is 0 Å². The van der Waals surface area contributed by atoms with Gasteiger partial charge in [0, 0.05) is 18.3 Å². The summed E-state index contributed by atoms with van der Waals surface area (Å²) in [5.41, 5.74) is 0.107. The summed E-state index contributed by atoms with van der Waals surface area (Å²) in [5, 5.41) is 0. The molecule has 2 spiro atoms. The number of ether oxygens (including phenoxy) is 3. The van der Waals surface area contributed by atoms with Crippen LogP contribution in [0.5, 0.6) is 0 Å². The van der Waals surface area contributed by atoms with Gasteiger partial charge in [0.05, 0.1) is 19.6 Å². The van der Waals surface area contributed by atoms with Gasteiger partial charge in [-0.15, -0.1) is 0 Å². The maximum Gasteiger partial charge on any atom is 0.306 e. The van der Waals surface area contributed by atoms with Crippen LogP contribution in [-0.4, -0.2) is 31.1 Å². The smallest absolute Gasteiger partial charge is 0.306 e. The lowest BCUT2D eigenvalue weighted by Crippen LogP contribution is -2.51. The molecule has 1 unspecified atom stereocenters. The number of carbonyl (C=O) groups excluding carboxylic acids is 1. The van der Waals surface area contributed by atoms with Gasteiger partial charge in [-0.05, 0) is 31.6 Å². The molecule has 4 fully saturated rings. The molecule has 100 valence electrons. The fourth-order valence-corrected chi connectivity index (χ4v) is 4.71. The molecule has 4 rings (SSSR count). The lowest BCUT2D eigenvalue weighted by atomic mass is 9.56. The zero-order chi connectivity index (χ0) is 12.2. The topological polar surface area (TPSA) is 44.8 Å². The Labute approximate surface area is 107 Å². The number of hydrogen-bond donors (Lipinski definition) is 0. The second-order valence-corrected chi connectivity index (χ2v) is 6.33. The Balaban J connectivity index is 1.63. The van der Waals surface area contributed by atoms with Crippen LogP contribution >= 0.6 is 0 Å². The van der Waals surface area contributed by atoms with E-state index in [-0.39, 0.29) is 23.3 Å². The second-order valence-electron chi connectivity index (χ2n) is 6.33. The molecule has 0 radical (unpaired) electrons. The molecule has 0 N–H and O–H groups in total. The molecule has 0 amide bonds. The van der Waals surface area contributed by atoms with Crippen LogP contribution in [0.3, 0.4) is 0 Å². The summed E-state index contributed by atoms with van der Waals surface area (Å²) in [6.45, 7) is 1.44. The fraction of sp³-hybridized carbons (Fsp3) is 0.929. The standard InChI is InChI=1S/C14H20O4/c15-12-9-13-4-5-14(16-6-7-17-14)8-10(13)2-1-3-11(13)18-12/h10-11H,1-9H2/t10?,11-,13+/m1/s1. The van der Waals surface area contributed by atoms with E-state index in [1.807, 2.05) is 0 Å². The molecule has 2 saturated heterocycles. The van der Waals surface area contributed by atoms with Crippen LogP contribution < -0.4 is 0 Å². The van der Waals surface area contributed by atoms with Crippen molar-refractivity contribution in [1.29, 1.82) is 0 Å². The van der Waals surface area contributed by atoms with Gasteiger partial charge in [0.1, 0.15) is 6.10 Å². The number of rotatable bonds is 0. The Bertz CT molecular complexity index is 374. The molecular formula is C14H20O4. The molecule has 4 aliphatic rings. The van der Waals surface area contributed by atoms with Crippen LogP contribution in [0.15, 0.2) is 0 Å². The number of hydrogen-bond acceptors (Lipinski definition) is 4. The van der Waals surface area contributed by atoms with Gasteiger partial charge >= 0.3 is 5.97 Å². The van der Waals surface area contributed by atoms with Gasteiger partial charge in [-0.2, -0.15) is 0 Å². The third kappa shape index (κ3) is 1.42. The van der Waals surface area contributed by atoms with Gasteiger partial charge in [-0.1, -0.05) is 0 Å². The monoisotopic (exact) mass is 252 g/mol. The van der Waals surface area contributed by atoms with Gasteiger partial charge < -0.3 is 14.2 Å². The summed E-state index contributed by atoms with van der Waals surface area (Å²) in [4.78, 5) is 11.7. The van der Waals surface area contributed by atoms with E-state index in [0.29, 0.717) is 12.3 Å². The Morgan fingerprint density at radius 3 is 2.78 bits per heavy atom. The lowest BCUT2D eigenvalue weighted by molar-refractivity contribution is -0.219. The van der Waals surface area contributed by atoms with E-state index in [4.69, 9.17) is 14.2 Å². The molecule has 2 saturated carbocycles. The van der Waals surface area contributed by atoms with Crippen molar-refractivity contribution in [3.8, 4) is 0 Å². The van der Waals surface area contributed by atoms with E-state index in [1.54, 1.807) is 0 Å². The van der Waals surface area contributed by atoms with Gasteiger partial charge in [0.25, 0.3) is 0 Å². The van der Waals surface area contributed by atoms with E-state index in [0.717, 1.165) is 38.9 Å². The Morgan fingerprint density at radius 2 is 1.94 bits per heavy atom. The first-order chi connectivity index (χ1) is 8.73. The molecule has 2 aliphatic carbocycles. The zero-order valence-corrected chi connectivity index (χ0v) is 10.7. The average molecular weight is 252 g/mol. The first-order valence-corrected chi connectivity index (χ1v) is 7.20. The molecule has 2 aliphatic heterocycles. The first kappa shape index (κ1) is 11.2. The van der Waals surface area contributed by atoms with E-state index in [9.17, 15) is 4.79 Å². The van der Waals surface area contributed by atoms with Crippen molar-refractivity contribution in [2.75, 3.05) is 13.2 Å². The predicted molar refractivity (Wildman–Crippen MR) is 62.8 cm³/mol. The maximum atomic E-state index is 11.7. The number of carbonyl (C=O) groups is 1. The molecule has 18 heavy (non-hydrogen) atoms. The van der Waals surface area contributed by atoms with Crippen LogP contribution in [0.4, 0.5) is 0 Å². The summed E-state index contributed by atoms with van der Waals surface area (Å²) in [6.07, 6.45) is 7.12. The lowest BCUT2D eigenvalue weighted by Gasteiger charge is -2.51. The third-order valence-corrected chi connectivity index (χ3v) is 5.56. The van der Waals surface area contributed by atoms with Crippen molar-refractivity contribution in [3.05, 3.63) is 0 Å². The highest BCUT2D eigenvalue weighted by Crippen LogP contribution is 2.59. The minimum Gasteiger partial charge on any atom is -0.462 e. The molecule has 0 aromatic rings. The molecule has 4 heteroatoms. The Hall–Kier alpha value is -0.610. The van der Waals surface area contributed by atoms with Crippen LogP contribution in [0.2, 0.25) is 0 Å². The fourth-order valence-electron chi connectivity index (χ4n) is 4.71. The van der Waals surface area contributed by atoms with Crippen LogP contribution in [0.1, 0.15) is 44.9 Å². The minimum absolute atomic E-state index is 0.0103. The zero-order valence-electron chi connectivity index (χ0n) is 10.7. The third-order valence-electron chi connectivity index (χ3n) is 5.56. The summed E-state index contributed by atoms with van der Waals surface area (Å²) >= 11 is 0. The summed E-state index contributed by atoms with van der Waals surface area (Å²) in [5.74, 6) is 0.217. The van der Waals surface area contributed by atoms with Crippen molar-refractivity contribution in [1.82, 2.24) is 0 Å². The van der Waals surface area contributed by atoms with E-state index in [2.05, 4.69) is 0 Å². The van der Waals surface area contributed by atoms with Crippen molar-refractivity contribution >= 4 is 5.97 Å². The van der Waals surface area contributed by atoms with Gasteiger partial charge in [-0.3, -0.25) is 4.79 Å². The minimum atomic E-state index is -0.330.